The molecule has 1 aliphatic heterocycles. The zero-order valence-corrected chi connectivity index (χ0v) is 15.1. The number of hydrogen-bond donors (Lipinski definition) is 1. The first-order chi connectivity index (χ1) is 13.4. The highest BCUT2D eigenvalue weighted by Gasteiger charge is 2.15. The van der Waals surface area contributed by atoms with Crippen molar-refractivity contribution in [2.24, 2.45) is 0 Å². The third kappa shape index (κ3) is 3.15. The Kier molecular flexibility index (Phi) is 4.23. The fraction of sp³-hybridized carbons (Fsp3) is 0.300. The summed E-state index contributed by atoms with van der Waals surface area (Å²) in [5.41, 5.74) is 3.90. The average molecular weight is 362 g/mol. The number of anilines is 1. The van der Waals surface area contributed by atoms with Crippen molar-refractivity contribution in [1.82, 2.24) is 23.7 Å². The molecule has 7 nitrogen and oxygen atoms in total. The van der Waals surface area contributed by atoms with E-state index in [1.165, 1.54) is 0 Å². The van der Waals surface area contributed by atoms with Gasteiger partial charge in [0.15, 0.2) is 0 Å². The van der Waals surface area contributed by atoms with Gasteiger partial charge in [0.25, 0.3) is 0 Å². The Labute approximate surface area is 157 Å². The van der Waals surface area contributed by atoms with Crippen LogP contribution in [0.2, 0.25) is 0 Å². The van der Waals surface area contributed by atoms with Gasteiger partial charge in [-0.15, -0.1) is 0 Å². The molecule has 1 N–H and O–H groups in total. The smallest absolute Gasteiger partial charge is 0.139 e. The highest BCUT2D eigenvalue weighted by molar-refractivity contribution is 5.76. The first kappa shape index (κ1) is 16.3. The van der Waals surface area contributed by atoms with Crippen LogP contribution in [0.3, 0.4) is 0 Å². The highest BCUT2D eigenvalue weighted by Crippen LogP contribution is 2.28. The summed E-state index contributed by atoms with van der Waals surface area (Å²) in [7, 11) is 0. The second-order valence-electron chi connectivity index (χ2n) is 6.73. The van der Waals surface area contributed by atoms with Gasteiger partial charge in [0.1, 0.15) is 22.8 Å². The molecule has 4 aromatic heterocycles. The lowest BCUT2D eigenvalue weighted by atomic mass is 10.2. The topological polar surface area (TPSA) is 59.1 Å². The third-order valence-electron chi connectivity index (χ3n) is 5.02. The number of nitrogens with one attached hydrogen (secondary N) is 1. The van der Waals surface area contributed by atoms with Gasteiger partial charge in [-0.05, 0) is 24.3 Å². The maximum atomic E-state index is 5.43. The molecule has 0 saturated carbocycles. The Bertz CT molecular complexity index is 1060. The molecule has 0 radical (unpaired) electrons. The standard InChI is InChI=1S/C20H22N6O/c1-2-8-26-18(3-1)23-19(16-4-5-17-21-7-10-25(17)15-16)20(26)22-6-9-24-11-13-27-14-12-24/h1-5,7-8,10,15,22H,6,9,11-14H2. The molecule has 27 heavy (non-hydrogen) atoms. The number of aromatic nitrogens is 4. The van der Waals surface area contributed by atoms with E-state index in [0.717, 1.165) is 67.8 Å². The van der Waals surface area contributed by atoms with Crippen molar-refractivity contribution in [3.05, 3.63) is 55.1 Å². The fourth-order valence-electron chi connectivity index (χ4n) is 3.58. The molecule has 0 spiro atoms. The summed E-state index contributed by atoms with van der Waals surface area (Å²) < 4.78 is 9.57. The van der Waals surface area contributed by atoms with Gasteiger partial charge in [0, 0.05) is 56.5 Å². The van der Waals surface area contributed by atoms with E-state index in [2.05, 4.69) is 38.1 Å². The van der Waals surface area contributed by atoms with Crippen LogP contribution in [-0.2, 0) is 4.74 Å². The van der Waals surface area contributed by atoms with Crippen LogP contribution in [0.25, 0.3) is 22.6 Å². The van der Waals surface area contributed by atoms with Gasteiger partial charge in [-0.1, -0.05) is 6.07 Å². The third-order valence-corrected chi connectivity index (χ3v) is 5.02. The lowest BCUT2D eigenvalue weighted by molar-refractivity contribution is 0.0398. The van der Waals surface area contributed by atoms with Crippen molar-refractivity contribution in [1.29, 1.82) is 0 Å². The molecule has 1 fully saturated rings. The van der Waals surface area contributed by atoms with E-state index >= 15 is 0 Å². The van der Waals surface area contributed by atoms with Crippen molar-refractivity contribution < 1.29 is 4.74 Å². The predicted molar refractivity (Wildman–Crippen MR) is 105 cm³/mol. The Balaban J connectivity index is 1.46. The molecule has 0 aromatic carbocycles. The molecule has 5 heterocycles. The van der Waals surface area contributed by atoms with Crippen LogP contribution in [0.15, 0.2) is 55.1 Å². The molecule has 1 saturated heterocycles. The van der Waals surface area contributed by atoms with E-state index in [-0.39, 0.29) is 0 Å². The molecule has 0 amide bonds. The molecular formula is C20H22N6O. The van der Waals surface area contributed by atoms with Crippen LogP contribution < -0.4 is 5.32 Å². The molecule has 0 aliphatic carbocycles. The lowest BCUT2D eigenvalue weighted by Gasteiger charge is -2.26. The van der Waals surface area contributed by atoms with Crippen LogP contribution >= 0.6 is 0 Å². The van der Waals surface area contributed by atoms with Crippen LogP contribution in [0.1, 0.15) is 0 Å². The number of imidazole rings is 2. The molecule has 138 valence electrons. The van der Waals surface area contributed by atoms with E-state index in [9.17, 15) is 0 Å². The van der Waals surface area contributed by atoms with Crippen LogP contribution in [0.5, 0.6) is 0 Å². The zero-order valence-electron chi connectivity index (χ0n) is 15.1. The van der Waals surface area contributed by atoms with Crippen LogP contribution in [0.4, 0.5) is 5.82 Å². The van der Waals surface area contributed by atoms with Crippen molar-refractivity contribution in [3.63, 3.8) is 0 Å². The summed E-state index contributed by atoms with van der Waals surface area (Å²) in [6.45, 7) is 5.50. The van der Waals surface area contributed by atoms with Gasteiger partial charge in [-0.25, -0.2) is 9.97 Å². The number of fused-ring (bicyclic) bond motifs is 2. The summed E-state index contributed by atoms with van der Waals surface area (Å²) in [6.07, 6.45) is 7.90. The first-order valence-electron chi connectivity index (χ1n) is 9.33. The lowest BCUT2D eigenvalue weighted by Crippen LogP contribution is -2.39. The van der Waals surface area contributed by atoms with E-state index in [0.29, 0.717) is 0 Å². The second kappa shape index (κ2) is 7.02. The molecule has 0 bridgehead atoms. The van der Waals surface area contributed by atoms with E-state index in [4.69, 9.17) is 9.72 Å². The van der Waals surface area contributed by atoms with Crippen molar-refractivity contribution in [2.75, 3.05) is 44.7 Å². The van der Waals surface area contributed by atoms with Gasteiger partial charge in [0.05, 0.1) is 13.2 Å². The number of rotatable bonds is 5. The largest absolute Gasteiger partial charge is 0.379 e. The fourth-order valence-corrected chi connectivity index (χ4v) is 3.58. The maximum absolute atomic E-state index is 5.43. The Morgan fingerprint density at radius 2 is 1.96 bits per heavy atom. The molecular weight excluding hydrogens is 340 g/mol. The summed E-state index contributed by atoms with van der Waals surface area (Å²) in [4.78, 5) is 11.6. The molecule has 5 rings (SSSR count). The Morgan fingerprint density at radius 3 is 2.89 bits per heavy atom. The van der Waals surface area contributed by atoms with Crippen molar-refractivity contribution in [2.45, 2.75) is 0 Å². The quantitative estimate of drug-likeness (QED) is 0.591. The molecule has 7 heteroatoms. The minimum Gasteiger partial charge on any atom is -0.379 e. The Morgan fingerprint density at radius 1 is 1.04 bits per heavy atom. The zero-order chi connectivity index (χ0) is 18.1. The molecule has 0 atom stereocenters. The van der Waals surface area contributed by atoms with Gasteiger partial charge < -0.3 is 14.5 Å². The molecule has 4 aromatic rings. The molecule has 1 aliphatic rings. The highest BCUT2D eigenvalue weighted by atomic mass is 16.5. The van der Waals surface area contributed by atoms with E-state index in [1.807, 2.05) is 41.1 Å². The van der Waals surface area contributed by atoms with Gasteiger partial charge >= 0.3 is 0 Å². The SMILES string of the molecule is c1ccn2c(NCCN3CCOCC3)c(-c3ccc4nccn4c3)nc2c1. The number of pyridine rings is 2. The first-order valence-corrected chi connectivity index (χ1v) is 9.33. The van der Waals surface area contributed by atoms with Crippen LogP contribution in [-0.4, -0.2) is 63.1 Å². The minimum atomic E-state index is 0.825. The van der Waals surface area contributed by atoms with Crippen molar-refractivity contribution >= 4 is 17.1 Å². The summed E-state index contributed by atoms with van der Waals surface area (Å²) in [5.74, 6) is 1.03. The summed E-state index contributed by atoms with van der Waals surface area (Å²) >= 11 is 0. The van der Waals surface area contributed by atoms with E-state index in [1.54, 1.807) is 0 Å². The maximum Gasteiger partial charge on any atom is 0.139 e. The van der Waals surface area contributed by atoms with Crippen molar-refractivity contribution in [3.8, 4) is 11.3 Å². The van der Waals surface area contributed by atoms with Gasteiger partial charge in [-0.3, -0.25) is 9.30 Å². The number of hydrogen-bond acceptors (Lipinski definition) is 5. The summed E-state index contributed by atoms with van der Waals surface area (Å²) in [5, 5.41) is 3.62. The summed E-state index contributed by atoms with van der Waals surface area (Å²) in [6, 6.07) is 10.2. The number of ether oxygens (including phenoxy) is 1. The Hall–Kier alpha value is -2.90. The number of nitrogens with zero attached hydrogens (tertiary/aromatic N) is 5. The average Bonchev–Trinajstić information content (AvgIpc) is 3.33. The van der Waals surface area contributed by atoms with Crippen LogP contribution in [0, 0.1) is 0 Å². The second-order valence-corrected chi connectivity index (χ2v) is 6.73. The normalized spacial score (nSPS) is 15.6. The van der Waals surface area contributed by atoms with Gasteiger partial charge in [0.2, 0.25) is 0 Å². The number of morpholine rings is 1. The molecule has 0 unspecified atom stereocenters. The van der Waals surface area contributed by atoms with E-state index < -0.39 is 0 Å². The van der Waals surface area contributed by atoms with Gasteiger partial charge in [-0.2, -0.15) is 0 Å². The predicted octanol–water partition coefficient (Wildman–Crippen LogP) is 2.39. The monoisotopic (exact) mass is 362 g/mol. The minimum absolute atomic E-state index is 0.825.